The molecule has 0 unspecified atom stereocenters. The zero-order valence-corrected chi connectivity index (χ0v) is 13.7. The van der Waals surface area contributed by atoms with Crippen LogP contribution in [0, 0.1) is 6.92 Å². The average molecular weight is 284 g/mol. The molecule has 2 aromatic rings. The molecule has 2 N–H and O–H groups in total. The van der Waals surface area contributed by atoms with Gasteiger partial charge in [-0.25, -0.2) is 8.42 Å². The van der Waals surface area contributed by atoms with Crippen LogP contribution in [0.15, 0.2) is 53.4 Å². The minimum Gasteiger partial charge on any atom is -0.573 e. The van der Waals surface area contributed by atoms with Crippen LogP contribution >= 0.6 is 0 Å². The Kier molecular flexibility index (Phi) is 5.43. The van der Waals surface area contributed by atoms with E-state index in [1.54, 1.807) is 49.4 Å². The number of nitrogen functional groups attached to an aromatic ring is 1. The van der Waals surface area contributed by atoms with Crippen LogP contribution in [0.3, 0.4) is 0 Å². The van der Waals surface area contributed by atoms with E-state index in [0.717, 1.165) is 0 Å². The molecule has 0 aliphatic rings. The monoisotopic (exact) mass is 284 g/mol. The maximum absolute atomic E-state index is 12.2. The van der Waals surface area contributed by atoms with Crippen molar-refractivity contribution in [2.45, 2.75) is 11.8 Å². The summed E-state index contributed by atoms with van der Waals surface area (Å²) in [5.41, 5.74) is 7.05. The molecule has 19 heavy (non-hydrogen) atoms. The Morgan fingerprint density at radius 2 is 1.68 bits per heavy atom. The maximum Gasteiger partial charge on any atom is 1.00 e. The summed E-state index contributed by atoms with van der Waals surface area (Å²) >= 11 is 0. The van der Waals surface area contributed by atoms with Gasteiger partial charge in [-0.3, -0.25) is 0 Å². The molecular formula is C13H13N2NaO2S. The predicted molar refractivity (Wildman–Crippen MR) is 72.2 cm³/mol. The molecule has 0 radical (unpaired) electrons. The van der Waals surface area contributed by atoms with Gasteiger partial charge < -0.3 is 10.5 Å². The first-order valence-electron chi connectivity index (χ1n) is 5.38. The standard InChI is InChI=1S/C13H13N2O2S.Na/c1-10-7-8-11(14)9-13(10)18(16,17)15-12-5-3-2-4-6-12;/h2-9H,14H2,1H3;/q-1;+1. The zero-order valence-electron chi connectivity index (χ0n) is 10.9. The third-order valence-electron chi connectivity index (χ3n) is 2.47. The van der Waals surface area contributed by atoms with Crippen LogP contribution in [-0.2, 0) is 10.0 Å². The van der Waals surface area contributed by atoms with Crippen molar-refractivity contribution >= 4 is 21.4 Å². The first-order valence-corrected chi connectivity index (χ1v) is 6.82. The van der Waals surface area contributed by atoms with Crippen molar-refractivity contribution in [3.05, 3.63) is 58.8 Å². The summed E-state index contributed by atoms with van der Waals surface area (Å²) in [6, 6.07) is 13.3. The summed E-state index contributed by atoms with van der Waals surface area (Å²) in [6.07, 6.45) is 0. The molecule has 0 aliphatic carbocycles. The molecule has 0 saturated heterocycles. The van der Waals surface area contributed by atoms with E-state index >= 15 is 0 Å². The molecule has 4 nitrogen and oxygen atoms in total. The number of rotatable bonds is 3. The van der Waals surface area contributed by atoms with Gasteiger partial charge >= 0.3 is 29.6 Å². The predicted octanol–water partition coefficient (Wildman–Crippen LogP) is -0.0247. The summed E-state index contributed by atoms with van der Waals surface area (Å²) in [5.74, 6) is 0. The van der Waals surface area contributed by atoms with E-state index in [4.69, 9.17) is 5.73 Å². The Bertz CT molecular complexity index is 658. The quantitative estimate of drug-likeness (QED) is 0.635. The second kappa shape index (κ2) is 6.43. The van der Waals surface area contributed by atoms with Crippen LogP contribution in [0.1, 0.15) is 5.56 Å². The third-order valence-corrected chi connectivity index (χ3v) is 3.92. The number of hydrogen-bond donors (Lipinski definition) is 1. The van der Waals surface area contributed by atoms with Gasteiger partial charge in [0.1, 0.15) is 10.0 Å². The van der Waals surface area contributed by atoms with Gasteiger partial charge in [0, 0.05) is 5.69 Å². The largest absolute Gasteiger partial charge is 1.00 e. The SMILES string of the molecule is Cc1ccc(N)cc1S(=O)(=O)[N-]c1ccccc1.[Na+]. The van der Waals surface area contributed by atoms with Gasteiger partial charge in [0.15, 0.2) is 0 Å². The van der Waals surface area contributed by atoms with E-state index in [9.17, 15) is 8.42 Å². The summed E-state index contributed by atoms with van der Waals surface area (Å²) < 4.78 is 28.1. The molecular weight excluding hydrogens is 271 g/mol. The molecule has 0 aliphatic heterocycles. The van der Waals surface area contributed by atoms with Gasteiger partial charge in [-0.2, -0.15) is 0 Å². The number of anilines is 1. The summed E-state index contributed by atoms with van der Waals surface area (Å²) in [7, 11) is -3.72. The Morgan fingerprint density at radius 1 is 1.05 bits per heavy atom. The fourth-order valence-electron chi connectivity index (χ4n) is 1.57. The van der Waals surface area contributed by atoms with Gasteiger partial charge in [-0.15, -0.1) is 5.69 Å². The molecule has 2 aromatic carbocycles. The van der Waals surface area contributed by atoms with Crippen molar-refractivity contribution in [2.75, 3.05) is 5.73 Å². The third kappa shape index (κ3) is 3.98. The first-order chi connectivity index (χ1) is 8.49. The van der Waals surface area contributed by atoms with Gasteiger partial charge in [0.2, 0.25) is 0 Å². The number of hydrogen-bond acceptors (Lipinski definition) is 3. The number of benzene rings is 2. The number of nitrogens with zero attached hydrogens (tertiary/aromatic N) is 1. The molecule has 0 amide bonds. The van der Waals surface area contributed by atoms with Crippen LogP contribution in [-0.4, -0.2) is 8.42 Å². The Hall–Kier alpha value is -1.01. The minimum absolute atomic E-state index is 0. The summed E-state index contributed by atoms with van der Waals surface area (Å²) in [5, 5.41) is 0. The smallest absolute Gasteiger partial charge is 0.573 e. The van der Waals surface area contributed by atoms with E-state index < -0.39 is 10.0 Å². The topological polar surface area (TPSA) is 74.3 Å². The van der Waals surface area contributed by atoms with E-state index in [1.165, 1.54) is 6.07 Å². The molecule has 0 aromatic heterocycles. The van der Waals surface area contributed by atoms with E-state index in [1.807, 2.05) is 0 Å². The van der Waals surface area contributed by atoms with Gasteiger partial charge in [-0.1, -0.05) is 36.4 Å². The molecule has 0 fully saturated rings. The maximum atomic E-state index is 12.2. The Morgan fingerprint density at radius 3 is 2.32 bits per heavy atom. The average Bonchev–Trinajstić information content (AvgIpc) is 2.33. The van der Waals surface area contributed by atoms with Gasteiger partial charge in [0.25, 0.3) is 0 Å². The fourth-order valence-corrected chi connectivity index (χ4v) is 2.83. The molecule has 94 valence electrons. The van der Waals surface area contributed by atoms with Crippen LogP contribution < -0.4 is 35.3 Å². The normalized spacial score (nSPS) is 10.6. The van der Waals surface area contributed by atoms with Crippen LogP contribution in [0.5, 0.6) is 0 Å². The van der Waals surface area contributed by atoms with Gasteiger partial charge in [0.05, 0.1) is 4.90 Å². The molecule has 0 bridgehead atoms. The molecule has 0 atom stereocenters. The van der Waals surface area contributed by atoms with Crippen LogP contribution in [0.2, 0.25) is 0 Å². The molecule has 0 saturated carbocycles. The molecule has 6 heteroatoms. The number of nitrogens with two attached hydrogens (primary N) is 1. The van der Waals surface area contributed by atoms with Crippen molar-refractivity contribution in [2.24, 2.45) is 0 Å². The van der Waals surface area contributed by atoms with Gasteiger partial charge in [-0.05, 0) is 24.6 Å². The van der Waals surface area contributed by atoms with Crippen molar-refractivity contribution in [3.63, 3.8) is 0 Å². The number of sulfonamides is 1. The van der Waals surface area contributed by atoms with E-state index in [0.29, 0.717) is 16.9 Å². The van der Waals surface area contributed by atoms with E-state index in [-0.39, 0.29) is 34.5 Å². The fraction of sp³-hybridized carbons (Fsp3) is 0.0769. The summed E-state index contributed by atoms with van der Waals surface area (Å²) in [4.78, 5) is 0.145. The molecule has 0 heterocycles. The minimum atomic E-state index is -3.72. The van der Waals surface area contributed by atoms with Crippen molar-refractivity contribution in [1.29, 1.82) is 0 Å². The van der Waals surface area contributed by atoms with Crippen molar-refractivity contribution < 1.29 is 38.0 Å². The first kappa shape index (κ1) is 16.0. The number of aryl methyl sites for hydroxylation is 1. The summed E-state index contributed by atoms with van der Waals surface area (Å²) in [6.45, 7) is 1.72. The van der Waals surface area contributed by atoms with Crippen LogP contribution in [0.4, 0.5) is 11.4 Å². The molecule has 0 spiro atoms. The Balaban J connectivity index is 0.00000180. The van der Waals surface area contributed by atoms with Crippen molar-refractivity contribution in [3.8, 4) is 0 Å². The second-order valence-electron chi connectivity index (χ2n) is 3.93. The molecule has 2 rings (SSSR count). The second-order valence-corrected chi connectivity index (χ2v) is 5.50. The van der Waals surface area contributed by atoms with Crippen LogP contribution in [0.25, 0.3) is 4.72 Å². The van der Waals surface area contributed by atoms with E-state index in [2.05, 4.69) is 4.72 Å². The van der Waals surface area contributed by atoms with Crippen molar-refractivity contribution in [1.82, 2.24) is 0 Å². The Labute approximate surface area is 135 Å². The zero-order chi connectivity index (χ0) is 13.2.